The van der Waals surface area contributed by atoms with Crippen LogP contribution in [0.4, 0.5) is 14.5 Å². The van der Waals surface area contributed by atoms with Gasteiger partial charge in [0.25, 0.3) is 5.91 Å². The first kappa shape index (κ1) is 29.9. The zero-order valence-electron chi connectivity index (χ0n) is 22.5. The van der Waals surface area contributed by atoms with E-state index in [1.807, 2.05) is 0 Å². The number of methoxy groups -OCH3 is 1. The van der Waals surface area contributed by atoms with Crippen LogP contribution in [0.2, 0.25) is 5.15 Å². The molecule has 0 unspecified atom stereocenters. The summed E-state index contributed by atoms with van der Waals surface area (Å²) < 4.78 is 39.0. The maximum atomic E-state index is 14.5. The maximum Gasteiger partial charge on any atom is 0.310 e. The van der Waals surface area contributed by atoms with Crippen LogP contribution in [0.5, 0.6) is 0 Å². The van der Waals surface area contributed by atoms with Crippen LogP contribution in [0.3, 0.4) is 0 Å². The highest BCUT2D eigenvalue weighted by atomic mass is 35.5. The number of anilines is 1. The lowest BCUT2D eigenvalue weighted by molar-refractivity contribution is -0.144. The summed E-state index contributed by atoms with van der Waals surface area (Å²) in [6.07, 6.45) is 4.25. The lowest BCUT2D eigenvalue weighted by atomic mass is 10.0. The molecule has 1 atom stereocenters. The molecule has 3 aromatic rings. The number of carbonyl (C=O) groups excluding carboxylic acids is 3. The smallest absolute Gasteiger partial charge is 0.310 e. The van der Waals surface area contributed by atoms with Crippen LogP contribution in [-0.4, -0.2) is 48.1 Å². The molecular formula is C29H29ClF2N4O5. The van der Waals surface area contributed by atoms with Gasteiger partial charge >= 0.3 is 5.97 Å². The second-order valence-corrected chi connectivity index (χ2v) is 9.86. The fourth-order valence-electron chi connectivity index (χ4n) is 4.34. The molecule has 9 nitrogen and oxygen atoms in total. The topological polar surface area (TPSA) is 122 Å². The fourth-order valence-corrected chi connectivity index (χ4v) is 4.58. The Morgan fingerprint density at radius 3 is 2.63 bits per heavy atom. The van der Waals surface area contributed by atoms with Gasteiger partial charge in [-0.05, 0) is 49.1 Å². The highest BCUT2D eigenvalue weighted by molar-refractivity contribution is 6.32. The van der Waals surface area contributed by atoms with Gasteiger partial charge in [-0.3, -0.25) is 14.4 Å². The predicted octanol–water partition coefficient (Wildman–Crippen LogP) is 5.20. The summed E-state index contributed by atoms with van der Waals surface area (Å²) in [6.45, 7) is 1.92. The van der Waals surface area contributed by atoms with Crippen molar-refractivity contribution in [3.05, 3.63) is 81.8 Å². The first-order valence-electron chi connectivity index (χ1n) is 12.9. The van der Waals surface area contributed by atoms with Crippen molar-refractivity contribution < 1.29 is 32.6 Å². The van der Waals surface area contributed by atoms with E-state index < -0.39 is 35.1 Å². The van der Waals surface area contributed by atoms with Crippen molar-refractivity contribution in [2.45, 2.75) is 38.6 Å². The molecule has 2 aromatic carbocycles. The number of ether oxygens (including phenoxy) is 2. The van der Waals surface area contributed by atoms with Crippen molar-refractivity contribution in [2.24, 2.45) is 0 Å². The lowest BCUT2D eigenvalue weighted by Crippen LogP contribution is -2.30. The molecule has 2 bridgehead atoms. The summed E-state index contributed by atoms with van der Waals surface area (Å²) in [4.78, 5) is 45.4. The molecule has 2 amide bonds. The molecule has 0 aliphatic carbocycles. The van der Waals surface area contributed by atoms with E-state index in [9.17, 15) is 23.2 Å². The Balaban J connectivity index is 1.67. The van der Waals surface area contributed by atoms with Gasteiger partial charge in [0.1, 0.15) is 40.5 Å². The Morgan fingerprint density at radius 2 is 1.90 bits per heavy atom. The van der Waals surface area contributed by atoms with Crippen LogP contribution in [-0.2, 0) is 25.5 Å². The number of H-pyrrole nitrogens is 1. The normalized spacial score (nSPS) is 15.9. The lowest BCUT2D eigenvalue weighted by Gasteiger charge is -2.16. The van der Waals surface area contributed by atoms with Crippen molar-refractivity contribution in [1.82, 2.24) is 15.3 Å². The fraction of sp³-hybridized carbons (Fsp3) is 0.310. The van der Waals surface area contributed by atoms with E-state index in [4.69, 9.17) is 21.1 Å². The number of rotatable bonds is 7. The van der Waals surface area contributed by atoms with E-state index in [0.29, 0.717) is 28.8 Å². The number of aromatic nitrogens is 2. The Hall–Kier alpha value is -4.09. The van der Waals surface area contributed by atoms with Gasteiger partial charge in [0.15, 0.2) is 0 Å². The molecule has 0 saturated heterocycles. The van der Waals surface area contributed by atoms with Crippen molar-refractivity contribution in [3.8, 4) is 11.3 Å². The van der Waals surface area contributed by atoms with Gasteiger partial charge in [-0.1, -0.05) is 35.9 Å². The average Bonchev–Trinajstić information content (AvgIpc) is 3.28. The van der Waals surface area contributed by atoms with Crippen molar-refractivity contribution in [1.29, 1.82) is 0 Å². The van der Waals surface area contributed by atoms with Crippen LogP contribution in [0.1, 0.15) is 52.6 Å². The Labute approximate surface area is 240 Å². The summed E-state index contributed by atoms with van der Waals surface area (Å²) in [5.41, 5.74) is 1.36. The Bertz CT molecular complexity index is 1470. The van der Waals surface area contributed by atoms with Crippen molar-refractivity contribution in [3.63, 3.8) is 0 Å². The number of allylic oxidation sites excluding steroid dienone is 1. The van der Waals surface area contributed by atoms with Crippen LogP contribution in [0, 0.1) is 18.6 Å². The van der Waals surface area contributed by atoms with Crippen LogP contribution >= 0.6 is 11.6 Å². The molecule has 0 saturated carbocycles. The van der Waals surface area contributed by atoms with Gasteiger partial charge < -0.3 is 25.1 Å². The van der Waals surface area contributed by atoms with E-state index in [1.165, 1.54) is 14.0 Å². The number of benzene rings is 2. The van der Waals surface area contributed by atoms with Crippen LogP contribution < -0.4 is 10.6 Å². The molecule has 4 rings (SSSR count). The first-order chi connectivity index (χ1) is 19.7. The van der Waals surface area contributed by atoms with E-state index in [0.717, 1.165) is 12.1 Å². The molecule has 1 aromatic heterocycles. The number of amides is 2. The molecule has 12 heteroatoms. The van der Waals surface area contributed by atoms with E-state index in [1.54, 1.807) is 30.4 Å². The number of aryl methyl sites for hydroxylation is 1. The summed E-state index contributed by atoms with van der Waals surface area (Å²) in [5, 5.41) is 5.63. The minimum Gasteiger partial charge on any atom is -0.463 e. The van der Waals surface area contributed by atoms with Crippen molar-refractivity contribution in [2.75, 3.05) is 25.6 Å². The summed E-state index contributed by atoms with van der Waals surface area (Å²) in [7, 11) is 1.50. The second-order valence-electron chi connectivity index (χ2n) is 9.48. The minimum atomic E-state index is -0.977. The van der Waals surface area contributed by atoms with E-state index in [-0.39, 0.29) is 55.1 Å². The zero-order chi connectivity index (χ0) is 29.5. The highest BCUT2D eigenvalue weighted by Crippen LogP contribution is 2.35. The number of fused-ring (bicyclic) bond motifs is 4. The third kappa shape index (κ3) is 7.56. The molecule has 0 radical (unpaired) electrons. The number of esters is 1. The molecule has 0 spiro atoms. The monoisotopic (exact) mass is 586 g/mol. The number of hydrogen-bond donors (Lipinski definition) is 3. The largest absolute Gasteiger partial charge is 0.463 e. The summed E-state index contributed by atoms with van der Waals surface area (Å²) in [5.74, 6) is -3.37. The second kappa shape index (κ2) is 13.5. The summed E-state index contributed by atoms with van der Waals surface area (Å²) in [6, 6.07) is 6.35. The molecule has 41 heavy (non-hydrogen) atoms. The van der Waals surface area contributed by atoms with Gasteiger partial charge in [-0.15, -0.1) is 0 Å². The van der Waals surface area contributed by atoms with E-state index in [2.05, 4.69) is 20.6 Å². The van der Waals surface area contributed by atoms with Gasteiger partial charge in [0.2, 0.25) is 5.91 Å². The van der Waals surface area contributed by atoms with Crippen LogP contribution in [0.25, 0.3) is 11.3 Å². The van der Waals surface area contributed by atoms with Crippen molar-refractivity contribution >= 4 is 35.1 Å². The Kier molecular flexibility index (Phi) is 9.85. The molecule has 1 aliphatic rings. The molecule has 0 fully saturated rings. The molecule has 1 aliphatic heterocycles. The molecule has 216 valence electrons. The number of halogens is 3. The number of hydrogen-bond acceptors (Lipinski definition) is 6. The van der Waals surface area contributed by atoms with Gasteiger partial charge in [0.05, 0.1) is 24.8 Å². The average molecular weight is 587 g/mol. The van der Waals surface area contributed by atoms with Gasteiger partial charge in [0, 0.05) is 19.1 Å². The number of imidazole rings is 1. The number of nitrogens with zero attached hydrogens (tertiary/aromatic N) is 1. The number of nitrogens with one attached hydrogen (secondary N) is 3. The summed E-state index contributed by atoms with van der Waals surface area (Å²) >= 11 is 6.53. The number of aromatic amines is 1. The highest BCUT2D eigenvalue weighted by Gasteiger charge is 2.25. The van der Waals surface area contributed by atoms with Gasteiger partial charge in [-0.2, -0.15) is 0 Å². The molecule has 3 N–H and O–H groups in total. The quantitative estimate of drug-likeness (QED) is 0.199. The Morgan fingerprint density at radius 1 is 1.15 bits per heavy atom. The first-order valence-corrected chi connectivity index (χ1v) is 13.3. The molecule has 2 heterocycles. The van der Waals surface area contributed by atoms with Crippen LogP contribution in [0.15, 0.2) is 42.5 Å². The third-order valence-corrected chi connectivity index (χ3v) is 6.59. The zero-order valence-corrected chi connectivity index (χ0v) is 23.2. The number of carbonyl (C=O) groups is 3. The standard InChI is InChI=1S/C29H29ClF2N4O5/c1-16-12-19(31)25(20(32)13-16)29(39)34-21-6-4-3-5-7-23(37)33-22-14-17(15-24(38)41-11-10-40-2)8-9-18(22)26-27(30)36-28(21)35-26/h3-4,8-9,12-14,21H,5-7,10-11,15H2,1-2H3,(H,33,37)(H,34,39)(H,35,36)/b4-3+/t21-/m0/s1. The minimum absolute atomic E-state index is 0.0324. The third-order valence-electron chi connectivity index (χ3n) is 6.32. The predicted molar refractivity (Wildman–Crippen MR) is 148 cm³/mol. The SMILES string of the molecule is COCCOC(=O)Cc1ccc2c(c1)NC(=O)CC/C=C/C[C@H](NC(=O)c1c(F)cc(C)cc1F)c1nc-2c(Cl)[nH]1. The molecular weight excluding hydrogens is 558 g/mol. The van der Waals surface area contributed by atoms with E-state index >= 15 is 0 Å². The van der Waals surface area contributed by atoms with Gasteiger partial charge in [-0.25, -0.2) is 13.8 Å². The maximum absolute atomic E-state index is 14.5.